The molecule has 0 unspecified atom stereocenters. The number of aromatic nitrogens is 1. The largest absolute Gasteiger partial charge is 0.403 e. The van der Waals surface area contributed by atoms with Crippen LogP contribution in [0.2, 0.25) is 0 Å². The first-order valence-electron chi connectivity index (χ1n) is 8.44. The molecular formula is C20H21NO2S. The summed E-state index contributed by atoms with van der Waals surface area (Å²) in [6, 6.07) is 9.63. The molecule has 4 rings (SSSR count). The molecule has 1 atom stereocenters. The van der Waals surface area contributed by atoms with E-state index < -0.39 is 0 Å². The molecule has 4 heteroatoms. The lowest BCUT2D eigenvalue weighted by molar-refractivity contribution is 0.218. The Kier molecular flexibility index (Phi) is 3.61. The Bertz CT molecular complexity index is 947. The maximum Gasteiger partial charge on any atom is 0.348 e. The van der Waals surface area contributed by atoms with Crippen molar-refractivity contribution < 1.29 is 4.42 Å². The van der Waals surface area contributed by atoms with Gasteiger partial charge < -0.3 is 4.42 Å². The lowest BCUT2D eigenvalue weighted by atomic mass is 9.72. The highest BCUT2D eigenvalue weighted by Gasteiger charge is 2.32. The Morgan fingerprint density at radius 2 is 1.96 bits per heavy atom. The van der Waals surface area contributed by atoms with Crippen LogP contribution in [0.5, 0.6) is 0 Å². The van der Waals surface area contributed by atoms with Gasteiger partial charge in [0.05, 0.1) is 0 Å². The molecule has 0 bridgehead atoms. The summed E-state index contributed by atoms with van der Waals surface area (Å²) < 4.78 is 5.54. The zero-order valence-electron chi connectivity index (χ0n) is 14.3. The molecule has 0 radical (unpaired) electrons. The summed E-state index contributed by atoms with van der Waals surface area (Å²) in [7, 11) is 0. The molecule has 0 N–H and O–H groups in total. The van der Waals surface area contributed by atoms with E-state index in [0.717, 1.165) is 29.7 Å². The van der Waals surface area contributed by atoms with Gasteiger partial charge in [-0.3, -0.25) is 0 Å². The molecule has 0 saturated heterocycles. The zero-order chi connectivity index (χ0) is 16.9. The number of hydrogen-bond acceptors (Lipinski definition) is 4. The van der Waals surface area contributed by atoms with Crippen LogP contribution in [0.25, 0.3) is 21.7 Å². The number of aryl methyl sites for hydroxylation is 1. The van der Waals surface area contributed by atoms with E-state index in [1.807, 2.05) is 30.3 Å². The number of nitrogens with zero attached hydrogens (tertiary/aromatic N) is 1. The molecule has 2 aromatic heterocycles. The van der Waals surface area contributed by atoms with Gasteiger partial charge in [0.2, 0.25) is 5.89 Å². The van der Waals surface area contributed by atoms with Gasteiger partial charge in [-0.25, -0.2) is 9.78 Å². The molecule has 3 nitrogen and oxygen atoms in total. The van der Waals surface area contributed by atoms with Crippen LogP contribution < -0.4 is 5.63 Å². The van der Waals surface area contributed by atoms with Crippen molar-refractivity contribution in [1.29, 1.82) is 0 Å². The topological polar surface area (TPSA) is 43.1 Å². The van der Waals surface area contributed by atoms with E-state index in [0.29, 0.717) is 22.6 Å². The number of hydrogen-bond donors (Lipinski definition) is 0. The molecule has 0 aliphatic heterocycles. The van der Waals surface area contributed by atoms with Gasteiger partial charge in [-0.1, -0.05) is 39.0 Å². The van der Waals surface area contributed by atoms with E-state index in [9.17, 15) is 4.79 Å². The third-order valence-corrected chi connectivity index (χ3v) is 6.24. The third kappa shape index (κ3) is 2.59. The Labute approximate surface area is 145 Å². The van der Waals surface area contributed by atoms with E-state index in [4.69, 9.17) is 4.42 Å². The van der Waals surface area contributed by atoms with Gasteiger partial charge in [0.1, 0.15) is 10.2 Å². The standard InChI is InChI=1S/C20H21NO2S/c1-20(2,3)13-9-10-14-15(11-13)24-18-16(14)19(22)23-17(21-18)12-7-5-4-6-8-12/h4-8,13H,9-11H2,1-3H3/t13-/m1/s1. The van der Waals surface area contributed by atoms with E-state index in [1.165, 1.54) is 10.4 Å². The quantitative estimate of drug-likeness (QED) is 0.622. The monoisotopic (exact) mass is 339 g/mol. The van der Waals surface area contributed by atoms with Gasteiger partial charge in [0, 0.05) is 10.4 Å². The molecule has 0 fully saturated rings. The van der Waals surface area contributed by atoms with Gasteiger partial charge in [-0.05, 0) is 48.3 Å². The number of benzene rings is 1. The summed E-state index contributed by atoms with van der Waals surface area (Å²) in [5.41, 5.74) is 2.07. The molecule has 1 aliphatic carbocycles. The average molecular weight is 339 g/mol. The highest BCUT2D eigenvalue weighted by atomic mass is 32.1. The van der Waals surface area contributed by atoms with Crippen LogP contribution in [0.1, 0.15) is 37.6 Å². The zero-order valence-corrected chi connectivity index (χ0v) is 15.1. The predicted octanol–water partition coefficient (Wildman–Crippen LogP) is 5.07. The SMILES string of the molecule is CC(C)(C)[C@@H]1CCc2c(sc3nc(-c4ccccc4)oc(=O)c23)C1. The first kappa shape index (κ1) is 15.6. The van der Waals surface area contributed by atoms with E-state index in [-0.39, 0.29) is 5.63 Å². The van der Waals surface area contributed by atoms with Crippen molar-refractivity contribution in [3.8, 4) is 11.5 Å². The average Bonchev–Trinajstić information content (AvgIpc) is 2.92. The van der Waals surface area contributed by atoms with Gasteiger partial charge in [0.25, 0.3) is 0 Å². The third-order valence-electron chi connectivity index (χ3n) is 5.09. The van der Waals surface area contributed by atoms with Crippen molar-refractivity contribution in [1.82, 2.24) is 4.98 Å². The van der Waals surface area contributed by atoms with Crippen molar-refractivity contribution in [2.24, 2.45) is 11.3 Å². The lowest BCUT2D eigenvalue weighted by Gasteiger charge is -2.33. The number of rotatable bonds is 1. The normalized spacial score (nSPS) is 17.9. The maximum atomic E-state index is 12.6. The molecule has 1 aliphatic rings. The summed E-state index contributed by atoms with van der Waals surface area (Å²) in [4.78, 5) is 19.4. The second-order valence-electron chi connectivity index (χ2n) is 7.66. The summed E-state index contributed by atoms with van der Waals surface area (Å²) in [6.07, 6.45) is 3.12. The molecule has 24 heavy (non-hydrogen) atoms. The van der Waals surface area contributed by atoms with Gasteiger partial charge >= 0.3 is 5.63 Å². The lowest BCUT2D eigenvalue weighted by Crippen LogP contribution is -2.26. The fourth-order valence-corrected chi connectivity index (χ4v) is 4.84. The van der Waals surface area contributed by atoms with E-state index in [1.54, 1.807) is 11.3 Å². The highest BCUT2D eigenvalue weighted by molar-refractivity contribution is 7.18. The molecule has 2 heterocycles. The minimum atomic E-state index is -0.245. The molecule has 124 valence electrons. The Morgan fingerprint density at radius 1 is 1.21 bits per heavy atom. The second-order valence-corrected chi connectivity index (χ2v) is 8.75. The Morgan fingerprint density at radius 3 is 2.67 bits per heavy atom. The molecule has 0 saturated carbocycles. The summed E-state index contributed by atoms with van der Waals surface area (Å²) in [5.74, 6) is 1.07. The predicted molar refractivity (Wildman–Crippen MR) is 98.6 cm³/mol. The van der Waals surface area contributed by atoms with Crippen LogP contribution >= 0.6 is 11.3 Å². The van der Waals surface area contributed by atoms with Crippen molar-refractivity contribution in [3.05, 3.63) is 51.2 Å². The summed E-state index contributed by atoms with van der Waals surface area (Å²) >= 11 is 1.67. The van der Waals surface area contributed by atoms with Crippen LogP contribution in [0.15, 0.2) is 39.5 Å². The Balaban J connectivity index is 1.83. The van der Waals surface area contributed by atoms with Crippen LogP contribution in [0.3, 0.4) is 0 Å². The molecule has 0 amide bonds. The van der Waals surface area contributed by atoms with Gasteiger partial charge in [0.15, 0.2) is 0 Å². The van der Waals surface area contributed by atoms with Crippen LogP contribution in [-0.2, 0) is 12.8 Å². The van der Waals surface area contributed by atoms with Crippen molar-refractivity contribution in [2.45, 2.75) is 40.0 Å². The van der Waals surface area contributed by atoms with Crippen molar-refractivity contribution in [3.63, 3.8) is 0 Å². The molecule has 0 spiro atoms. The molecular weight excluding hydrogens is 318 g/mol. The fourth-order valence-electron chi connectivity index (χ4n) is 3.56. The van der Waals surface area contributed by atoms with E-state index in [2.05, 4.69) is 25.8 Å². The fraction of sp³-hybridized carbons (Fsp3) is 0.400. The van der Waals surface area contributed by atoms with Gasteiger partial charge in [-0.15, -0.1) is 11.3 Å². The van der Waals surface area contributed by atoms with Crippen LogP contribution in [0, 0.1) is 11.3 Å². The summed E-state index contributed by atoms with van der Waals surface area (Å²) in [5, 5.41) is 0.710. The van der Waals surface area contributed by atoms with Crippen molar-refractivity contribution >= 4 is 21.6 Å². The highest BCUT2D eigenvalue weighted by Crippen LogP contribution is 2.42. The first-order valence-corrected chi connectivity index (χ1v) is 9.26. The second kappa shape index (κ2) is 5.55. The first-order chi connectivity index (χ1) is 11.4. The maximum absolute atomic E-state index is 12.6. The Hall–Kier alpha value is -1.94. The minimum absolute atomic E-state index is 0.245. The van der Waals surface area contributed by atoms with E-state index >= 15 is 0 Å². The smallest absolute Gasteiger partial charge is 0.348 e. The molecule has 3 aromatic rings. The van der Waals surface area contributed by atoms with Crippen LogP contribution in [-0.4, -0.2) is 4.98 Å². The van der Waals surface area contributed by atoms with Gasteiger partial charge in [-0.2, -0.15) is 0 Å². The number of thiophene rings is 1. The summed E-state index contributed by atoms with van der Waals surface area (Å²) in [6.45, 7) is 6.91. The van der Waals surface area contributed by atoms with Crippen LogP contribution in [0.4, 0.5) is 0 Å². The molecule has 1 aromatic carbocycles. The number of fused-ring (bicyclic) bond motifs is 3. The van der Waals surface area contributed by atoms with Crippen molar-refractivity contribution in [2.75, 3.05) is 0 Å². The minimum Gasteiger partial charge on any atom is -0.403 e.